The maximum absolute atomic E-state index is 11.2. The van der Waals surface area contributed by atoms with E-state index in [0.29, 0.717) is 11.1 Å². The van der Waals surface area contributed by atoms with Gasteiger partial charge in [-0.05, 0) is 34.5 Å². The highest BCUT2D eigenvalue weighted by Gasteiger charge is 2.12. The number of aryl methyl sites for hydroxylation is 1. The van der Waals surface area contributed by atoms with Gasteiger partial charge < -0.3 is 9.94 Å². The lowest BCUT2D eigenvalue weighted by Crippen LogP contribution is -2.08. The highest BCUT2D eigenvalue weighted by atomic mass is 79.9. The van der Waals surface area contributed by atoms with Gasteiger partial charge in [0.05, 0.1) is 7.11 Å². The molecule has 80 valence electrons. The van der Waals surface area contributed by atoms with E-state index in [-0.39, 0.29) is 10.3 Å². The topological polar surface area (TPSA) is 71.8 Å². The van der Waals surface area contributed by atoms with Crippen LogP contribution in [0.5, 0.6) is 0 Å². The molecule has 0 fully saturated rings. The average Bonchev–Trinajstić information content (AvgIpc) is 2.26. The van der Waals surface area contributed by atoms with Crippen molar-refractivity contribution in [2.45, 2.75) is 6.92 Å². The minimum Gasteiger partial charge on any atom is -0.464 e. The van der Waals surface area contributed by atoms with Gasteiger partial charge in [0.25, 0.3) is 0 Å². The Morgan fingerprint density at radius 1 is 1.67 bits per heavy atom. The molecular weight excluding hydrogens is 264 g/mol. The number of halogens is 1. The zero-order valence-electron chi connectivity index (χ0n) is 8.19. The maximum atomic E-state index is 11.2. The van der Waals surface area contributed by atoms with E-state index >= 15 is 0 Å². The number of oxime groups is 1. The third-order valence-electron chi connectivity index (χ3n) is 1.78. The number of esters is 1. The van der Waals surface area contributed by atoms with Crippen molar-refractivity contribution in [1.29, 1.82) is 0 Å². The largest absolute Gasteiger partial charge is 0.464 e. The molecule has 0 aliphatic rings. The summed E-state index contributed by atoms with van der Waals surface area (Å²) in [6.45, 7) is 1.72. The van der Waals surface area contributed by atoms with Crippen LogP contribution in [0.1, 0.15) is 21.6 Å². The smallest absolute Gasteiger partial charge is 0.356 e. The number of nitrogens with zero attached hydrogens (tertiary/aromatic N) is 2. The van der Waals surface area contributed by atoms with Crippen LogP contribution in [0.2, 0.25) is 0 Å². The third-order valence-corrected chi connectivity index (χ3v) is 2.40. The fourth-order valence-electron chi connectivity index (χ4n) is 1.06. The molecule has 1 N–H and O–H groups in total. The summed E-state index contributed by atoms with van der Waals surface area (Å²) in [4.78, 5) is 15.1. The van der Waals surface area contributed by atoms with Crippen molar-refractivity contribution in [2.24, 2.45) is 5.16 Å². The number of hydrogen-bond donors (Lipinski definition) is 1. The van der Waals surface area contributed by atoms with Crippen molar-refractivity contribution in [3.05, 3.63) is 29.1 Å². The number of aromatic nitrogens is 1. The minimum atomic E-state index is -0.490. The van der Waals surface area contributed by atoms with Crippen LogP contribution < -0.4 is 0 Å². The minimum absolute atomic E-state index is 0.250. The predicted molar refractivity (Wildman–Crippen MR) is 57.6 cm³/mol. The van der Waals surface area contributed by atoms with E-state index in [1.807, 2.05) is 0 Å². The first-order chi connectivity index (χ1) is 7.10. The molecule has 0 radical (unpaired) electrons. The van der Waals surface area contributed by atoms with Crippen LogP contribution in [0.15, 0.2) is 17.4 Å². The molecule has 1 aromatic heterocycles. The number of hydrogen-bond acceptors (Lipinski definition) is 5. The van der Waals surface area contributed by atoms with Gasteiger partial charge in [-0.1, -0.05) is 5.16 Å². The van der Waals surface area contributed by atoms with Gasteiger partial charge >= 0.3 is 5.97 Å². The SMILES string of the molecule is COC(=O)c1ncc(C(Br)=NO)cc1C. The zero-order chi connectivity index (χ0) is 11.4. The van der Waals surface area contributed by atoms with Crippen molar-refractivity contribution >= 4 is 26.5 Å². The average molecular weight is 273 g/mol. The van der Waals surface area contributed by atoms with Gasteiger partial charge in [0.15, 0.2) is 10.3 Å². The van der Waals surface area contributed by atoms with Crippen molar-refractivity contribution in [3.63, 3.8) is 0 Å². The summed E-state index contributed by atoms with van der Waals surface area (Å²) in [6.07, 6.45) is 1.42. The molecule has 0 spiro atoms. The van der Waals surface area contributed by atoms with Crippen molar-refractivity contribution in [1.82, 2.24) is 4.98 Å². The molecule has 0 aromatic carbocycles. The summed E-state index contributed by atoms with van der Waals surface area (Å²) in [5, 5.41) is 11.5. The van der Waals surface area contributed by atoms with Gasteiger partial charge in [-0.3, -0.25) is 0 Å². The molecule has 1 rings (SSSR count). The van der Waals surface area contributed by atoms with E-state index in [9.17, 15) is 4.79 Å². The van der Waals surface area contributed by atoms with Gasteiger partial charge in [-0.25, -0.2) is 9.78 Å². The number of pyridine rings is 1. The highest BCUT2D eigenvalue weighted by molar-refractivity contribution is 9.18. The Hall–Kier alpha value is -1.43. The Morgan fingerprint density at radius 3 is 2.80 bits per heavy atom. The molecule has 1 aromatic rings. The lowest BCUT2D eigenvalue weighted by Gasteiger charge is -2.04. The molecule has 6 heteroatoms. The van der Waals surface area contributed by atoms with Crippen molar-refractivity contribution < 1.29 is 14.7 Å². The Kier molecular flexibility index (Phi) is 3.79. The molecule has 0 aliphatic heterocycles. The summed E-state index contributed by atoms with van der Waals surface area (Å²) >= 11 is 3.04. The second-order valence-electron chi connectivity index (χ2n) is 2.77. The van der Waals surface area contributed by atoms with E-state index in [4.69, 9.17) is 5.21 Å². The van der Waals surface area contributed by atoms with Crippen LogP contribution in [0.25, 0.3) is 0 Å². The fourth-order valence-corrected chi connectivity index (χ4v) is 1.27. The summed E-state index contributed by atoms with van der Waals surface area (Å²) in [5.41, 5.74) is 1.49. The number of ether oxygens (including phenoxy) is 1. The molecule has 5 nitrogen and oxygen atoms in total. The lowest BCUT2D eigenvalue weighted by atomic mass is 10.1. The molecule has 15 heavy (non-hydrogen) atoms. The van der Waals surface area contributed by atoms with Gasteiger partial charge in [-0.2, -0.15) is 0 Å². The van der Waals surface area contributed by atoms with Crippen LogP contribution in [0, 0.1) is 6.92 Å². The molecule has 0 bridgehead atoms. The van der Waals surface area contributed by atoms with Crippen molar-refractivity contribution in [2.75, 3.05) is 7.11 Å². The van der Waals surface area contributed by atoms with Gasteiger partial charge in [-0.15, -0.1) is 0 Å². The lowest BCUT2D eigenvalue weighted by molar-refractivity contribution is 0.0593. The molecule has 0 amide bonds. The van der Waals surface area contributed by atoms with Gasteiger partial charge in [0.2, 0.25) is 0 Å². The van der Waals surface area contributed by atoms with E-state index in [2.05, 4.69) is 30.8 Å². The first-order valence-electron chi connectivity index (χ1n) is 4.03. The summed E-state index contributed by atoms with van der Waals surface area (Å²) in [6, 6.07) is 1.67. The summed E-state index contributed by atoms with van der Waals surface area (Å²) < 4.78 is 4.81. The predicted octanol–water partition coefficient (Wildman–Crippen LogP) is 1.71. The van der Waals surface area contributed by atoms with Crippen molar-refractivity contribution in [3.8, 4) is 0 Å². The Balaban J connectivity index is 3.14. The Morgan fingerprint density at radius 2 is 2.33 bits per heavy atom. The highest BCUT2D eigenvalue weighted by Crippen LogP contribution is 2.12. The molecule has 0 saturated carbocycles. The van der Waals surface area contributed by atoms with E-state index in [1.165, 1.54) is 13.3 Å². The second kappa shape index (κ2) is 4.88. The molecule has 0 aliphatic carbocycles. The number of rotatable bonds is 2. The summed E-state index contributed by atoms with van der Waals surface area (Å²) in [5.74, 6) is -0.490. The number of methoxy groups -OCH3 is 1. The normalized spacial score (nSPS) is 11.3. The van der Waals surface area contributed by atoms with E-state index in [0.717, 1.165) is 0 Å². The van der Waals surface area contributed by atoms with Crippen LogP contribution in [-0.4, -0.2) is 27.9 Å². The van der Waals surface area contributed by atoms with Gasteiger partial charge in [0, 0.05) is 11.8 Å². The zero-order valence-corrected chi connectivity index (χ0v) is 9.78. The monoisotopic (exact) mass is 272 g/mol. The van der Waals surface area contributed by atoms with Crippen LogP contribution in [0.3, 0.4) is 0 Å². The number of carbonyl (C=O) groups excluding carboxylic acids is 1. The fraction of sp³-hybridized carbons (Fsp3) is 0.222. The van der Waals surface area contributed by atoms with Crippen LogP contribution in [-0.2, 0) is 4.74 Å². The quantitative estimate of drug-likeness (QED) is 0.385. The maximum Gasteiger partial charge on any atom is 0.356 e. The summed E-state index contributed by atoms with van der Waals surface area (Å²) in [7, 11) is 1.29. The molecule has 0 atom stereocenters. The van der Waals surface area contributed by atoms with Gasteiger partial charge in [0.1, 0.15) is 0 Å². The Labute approximate surface area is 94.9 Å². The molecular formula is C9H9BrN2O3. The second-order valence-corrected chi connectivity index (χ2v) is 3.52. The first kappa shape index (κ1) is 11.6. The molecule has 1 heterocycles. The van der Waals surface area contributed by atoms with Crippen LogP contribution in [0.4, 0.5) is 0 Å². The van der Waals surface area contributed by atoms with Crippen LogP contribution >= 0.6 is 15.9 Å². The van der Waals surface area contributed by atoms with E-state index < -0.39 is 5.97 Å². The third kappa shape index (κ3) is 2.53. The number of carbonyl (C=O) groups is 1. The first-order valence-corrected chi connectivity index (χ1v) is 4.82. The molecule has 0 saturated heterocycles. The standard InChI is InChI=1S/C9H9BrN2O3/c1-5-3-6(8(10)12-14)4-11-7(5)9(13)15-2/h3-4,14H,1-2H3. The Bertz CT molecular complexity index is 418. The molecule has 0 unspecified atom stereocenters. The van der Waals surface area contributed by atoms with E-state index in [1.54, 1.807) is 13.0 Å².